The normalized spacial score (nSPS) is 24.2. The Hall–Kier alpha value is -1.66. The molecule has 0 bridgehead atoms. The van der Waals surface area contributed by atoms with Gasteiger partial charge >= 0.3 is 0 Å². The van der Waals surface area contributed by atoms with E-state index in [0.29, 0.717) is 0 Å². The van der Waals surface area contributed by atoms with Crippen LogP contribution in [0.25, 0.3) is 0 Å². The van der Waals surface area contributed by atoms with Gasteiger partial charge in [-0.25, -0.2) is 0 Å². The maximum Gasteiger partial charge on any atom is 0.134 e. The van der Waals surface area contributed by atoms with E-state index in [1.807, 2.05) is 24.3 Å². The number of pyridine rings is 2. The molecule has 0 N–H and O–H groups in total. The SMILES string of the molecule is c1cc(C2=NC3SC(c4ccncc4)=NC3S2)ccn1. The van der Waals surface area contributed by atoms with Crippen molar-refractivity contribution in [2.45, 2.75) is 10.7 Å². The maximum absolute atomic E-state index is 4.78. The summed E-state index contributed by atoms with van der Waals surface area (Å²) in [5.41, 5.74) is 2.25. The van der Waals surface area contributed by atoms with Gasteiger partial charge in [-0.15, -0.1) is 0 Å². The largest absolute Gasteiger partial charge is 0.265 e. The van der Waals surface area contributed by atoms with Crippen LogP contribution in [-0.4, -0.2) is 30.8 Å². The van der Waals surface area contributed by atoms with Gasteiger partial charge in [0.05, 0.1) is 0 Å². The summed E-state index contributed by atoms with van der Waals surface area (Å²) in [5.74, 6) is 0. The van der Waals surface area contributed by atoms with Crippen LogP contribution in [0, 0.1) is 0 Å². The molecule has 20 heavy (non-hydrogen) atoms. The molecule has 2 aliphatic heterocycles. The Morgan fingerprint density at radius 2 is 1.05 bits per heavy atom. The molecular weight excluding hydrogens is 288 g/mol. The summed E-state index contributed by atoms with van der Waals surface area (Å²) in [6.07, 6.45) is 7.19. The molecule has 0 radical (unpaired) electrons. The monoisotopic (exact) mass is 298 g/mol. The second-order valence-corrected chi connectivity index (χ2v) is 6.57. The molecule has 2 aliphatic rings. The number of aromatic nitrogens is 2. The highest BCUT2D eigenvalue weighted by Crippen LogP contribution is 2.43. The third-order valence-electron chi connectivity index (χ3n) is 3.05. The van der Waals surface area contributed by atoms with Crippen molar-refractivity contribution in [3.05, 3.63) is 60.2 Å². The molecule has 0 amide bonds. The fraction of sp³-hybridized carbons (Fsp3) is 0.143. The molecule has 0 fully saturated rings. The third-order valence-corrected chi connectivity index (χ3v) is 5.56. The van der Waals surface area contributed by atoms with Gasteiger partial charge in [0.1, 0.15) is 20.8 Å². The Labute approximate surface area is 124 Å². The maximum atomic E-state index is 4.78. The van der Waals surface area contributed by atoms with Gasteiger partial charge in [-0.3, -0.25) is 20.0 Å². The van der Waals surface area contributed by atoms with Gasteiger partial charge < -0.3 is 0 Å². The molecule has 0 aromatic carbocycles. The summed E-state index contributed by atoms with van der Waals surface area (Å²) in [5, 5.41) is 2.50. The Morgan fingerprint density at radius 3 is 1.45 bits per heavy atom. The number of fused-ring (bicyclic) bond motifs is 1. The third kappa shape index (κ3) is 2.14. The summed E-state index contributed by atoms with van der Waals surface area (Å²) >= 11 is 3.46. The minimum Gasteiger partial charge on any atom is -0.265 e. The van der Waals surface area contributed by atoms with E-state index in [0.717, 1.165) is 21.2 Å². The zero-order valence-corrected chi connectivity index (χ0v) is 12.0. The van der Waals surface area contributed by atoms with Gasteiger partial charge in [0.25, 0.3) is 0 Å². The van der Waals surface area contributed by atoms with E-state index in [9.17, 15) is 0 Å². The topological polar surface area (TPSA) is 50.5 Å². The van der Waals surface area contributed by atoms with Crippen LogP contribution in [0.5, 0.6) is 0 Å². The number of aliphatic imine (C=N–C) groups is 2. The van der Waals surface area contributed by atoms with Crippen molar-refractivity contribution in [1.82, 2.24) is 9.97 Å². The zero-order valence-electron chi connectivity index (χ0n) is 10.4. The van der Waals surface area contributed by atoms with Crippen LogP contribution in [0.3, 0.4) is 0 Å². The standard InChI is InChI=1S/C14H10N4S2/c1-5-15-6-2-9(1)11-17-13-14(19-11)18-12(20-13)10-3-7-16-8-4-10/h1-8,13-14H. The average Bonchev–Trinajstić information content (AvgIpc) is 3.08. The fourth-order valence-electron chi connectivity index (χ4n) is 2.09. The number of nitrogens with zero attached hydrogens (tertiary/aromatic N) is 4. The van der Waals surface area contributed by atoms with Crippen molar-refractivity contribution < 1.29 is 0 Å². The molecule has 2 aromatic heterocycles. The van der Waals surface area contributed by atoms with Gasteiger partial charge in [-0.2, -0.15) is 0 Å². The lowest BCUT2D eigenvalue weighted by Gasteiger charge is -2.01. The first-order valence-corrected chi connectivity index (χ1v) is 7.96. The molecule has 2 aromatic rings. The average molecular weight is 298 g/mol. The van der Waals surface area contributed by atoms with Crippen LogP contribution >= 0.6 is 23.5 Å². The first-order valence-electron chi connectivity index (χ1n) is 6.20. The highest BCUT2D eigenvalue weighted by Gasteiger charge is 2.37. The summed E-state index contributed by atoms with van der Waals surface area (Å²) < 4.78 is 0. The van der Waals surface area contributed by atoms with Crippen LogP contribution in [0.2, 0.25) is 0 Å². The summed E-state index contributed by atoms with van der Waals surface area (Å²) in [4.78, 5) is 17.6. The number of hydrogen-bond acceptors (Lipinski definition) is 6. The van der Waals surface area contributed by atoms with E-state index in [-0.39, 0.29) is 10.7 Å². The first kappa shape index (κ1) is 12.1. The molecule has 0 spiro atoms. The molecule has 98 valence electrons. The molecular formula is C14H10N4S2. The first-order chi connectivity index (χ1) is 9.90. The minimum absolute atomic E-state index is 0.186. The molecule has 4 heterocycles. The lowest BCUT2D eigenvalue weighted by atomic mass is 10.3. The van der Waals surface area contributed by atoms with Crippen LogP contribution in [-0.2, 0) is 0 Å². The van der Waals surface area contributed by atoms with Crippen molar-refractivity contribution in [2.75, 3.05) is 0 Å². The van der Waals surface area contributed by atoms with Gasteiger partial charge in [-0.05, 0) is 24.3 Å². The van der Waals surface area contributed by atoms with E-state index in [1.165, 1.54) is 0 Å². The predicted octanol–water partition coefficient (Wildman–Crippen LogP) is 2.82. The summed E-state index contributed by atoms with van der Waals surface area (Å²) in [6.45, 7) is 0. The van der Waals surface area contributed by atoms with E-state index in [2.05, 4.69) is 9.97 Å². The fourth-order valence-corrected chi connectivity index (χ4v) is 4.58. The minimum atomic E-state index is 0.186. The lowest BCUT2D eigenvalue weighted by Crippen LogP contribution is -2.03. The molecule has 2 unspecified atom stereocenters. The van der Waals surface area contributed by atoms with Gasteiger partial charge in [-0.1, -0.05) is 23.5 Å². The molecule has 4 nitrogen and oxygen atoms in total. The van der Waals surface area contributed by atoms with Crippen LogP contribution in [0.1, 0.15) is 11.1 Å². The Kier molecular flexibility index (Phi) is 3.05. The molecule has 6 heteroatoms. The molecule has 2 atom stereocenters. The second kappa shape index (κ2) is 5.03. The zero-order chi connectivity index (χ0) is 13.4. The van der Waals surface area contributed by atoms with Crippen molar-refractivity contribution in [2.24, 2.45) is 9.98 Å². The molecule has 0 aliphatic carbocycles. The van der Waals surface area contributed by atoms with E-state index in [4.69, 9.17) is 9.98 Å². The second-order valence-electron chi connectivity index (χ2n) is 4.36. The molecule has 0 saturated heterocycles. The van der Waals surface area contributed by atoms with Crippen LogP contribution in [0.15, 0.2) is 59.0 Å². The summed E-state index contributed by atoms with van der Waals surface area (Å²) in [7, 11) is 0. The van der Waals surface area contributed by atoms with Crippen LogP contribution < -0.4 is 0 Å². The number of hydrogen-bond donors (Lipinski definition) is 0. The van der Waals surface area contributed by atoms with Gasteiger partial charge in [0, 0.05) is 35.9 Å². The van der Waals surface area contributed by atoms with Crippen molar-refractivity contribution >= 4 is 33.6 Å². The number of rotatable bonds is 2. The quantitative estimate of drug-likeness (QED) is 0.855. The smallest absolute Gasteiger partial charge is 0.134 e. The lowest BCUT2D eigenvalue weighted by molar-refractivity contribution is 0.898. The Balaban J connectivity index is 1.56. The van der Waals surface area contributed by atoms with Gasteiger partial charge in [0.15, 0.2) is 0 Å². The van der Waals surface area contributed by atoms with Crippen molar-refractivity contribution in [1.29, 1.82) is 0 Å². The highest BCUT2D eigenvalue weighted by atomic mass is 32.2. The predicted molar refractivity (Wildman–Crippen MR) is 84.3 cm³/mol. The summed E-state index contributed by atoms with van der Waals surface area (Å²) in [6, 6.07) is 7.96. The van der Waals surface area contributed by atoms with Crippen molar-refractivity contribution in [3.63, 3.8) is 0 Å². The van der Waals surface area contributed by atoms with Crippen molar-refractivity contribution in [3.8, 4) is 0 Å². The molecule has 0 saturated carbocycles. The van der Waals surface area contributed by atoms with E-state index < -0.39 is 0 Å². The van der Waals surface area contributed by atoms with Gasteiger partial charge in [0.2, 0.25) is 0 Å². The Morgan fingerprint density at radius 1 is 0.650 bits per heavy atom. The van der Waals surface area contributed by atoms with E-state index >= 15 is 0 Å². The molecule has 4 rings (SSSR count). The Bertz CT molecular complexity index is 623. The highest BCUT2D eigenvalue weighted by molar-refractivity contribution is 8.20. The van der Waals surface area contributed by atoms with E-state index in [1.54, 1.807) is 48.3 Å². The van der Waals surface area contributed by atoms with Crippen LogP contribution in [0.4, 0.5) is 0 Å². The number of thioether (sulfide) groups is 2.